The van der Waals surface area contributed by atoms with Gasteiger partial charge in [-0.2, -0.15) is 0 Å². The maximum atomic E-state index is 2.39. The third-order valence-electron chi connectivity index (χ3n) is 2.32. The second kappa shape index (κ2) is 4.38. The lowest BCUT2D eigenvalue weighted by molar-refractivity contribution is 0.693. The summed E-state index contributed by atoms with van der Waals surface area (Å²) in [5.41, 5.74) is 1.68. The summed E-state index contributed by atoms with van der Waals surface area (Å²) in [4.78, 5) is 0. The monoisotopic (exact) mass is 150 g/mol. The molecule has 1 fully saturated rings. The van der Waals surface area contributed by atoms with E-state index in [2.05, 4.69) is 32.1 Å². The van der Waals surface area contributed by atoms with E-state index in [0.717, 1.165) is 5.92 Å². The predicted octanol–water partition coefficient (Wildman–Crippen LogP) is 3.70. The predicted molar refractivity (Wildman–Crippen MR) is 50.5 cm³/mol. The van der Waals surface area contributed by atoms with E-state index in [-0.39, 0.29) is 0 Å². The van der Waals surface area contributed by atoms with Crippen molar-refractivity contribution in [3.63, 3.8) is 0 Å². The maximum absolute atomic E-state index is 2.39. The van der Waals surface area contributed by atoms with Crippen molar-refractivity contribution in [2.75, 3.05) is 0 Å². The van der Waals surface area contributed by atoms with Crippen LogP contribution in [0.2, 0.25) is 0 Å². The lowest BCUT2D eigenvalue weighted by Gasteiger charge is -1.98. The Morgan fingerprint density at radius 2 is 2.36 bits per heavy atom. The highest BCUT2D eigenvalue weighted by molar-refractivity contribution is 5.11. The fourth-order valence-electron chi connectivity index (χ4n) is 1.82. The molecule has 0 heteroatoms. The molecule has 0 heterocycles. The minimum Gasteiger partial charge on any atom is -0.0914 e. The van der Waals surface area contributed by atoms with Crippen molar-refractivity contribution in [2.24, 2.45) is 5.92 Å². The van der Waals surface area contributed by atoms with Crippen LogP contribution in [0.1, 0.15) is 39.5 Å². The van der Waals surface area contributed by atoms with Crippen LogP contribution < -0.4 is 0 Å². The normalized spacial score (nSPS) is 28.9. The van der Waals surface area contributed by atoms with Gasteiger partial charge in [-0.1, -0.05) is 30.7 Å². The van der Waals surface area contributed by atoms with Crippen LogP contribution in [0.4, 0.5) is 0 Å². The van der Waals surface area contributed by atoms with Gasteiger partial charge in [-0.25, -0.2) is 0 Å². The van der Waals surface area contributed by atoms with Gasteiger partial charge in [0.25, 0.3) is 0 Å². The molecule has 0 nitrogen and oxygen atoms in total. The fourth-order valence-corrected chi connectivity index (χ4v) is 1.82. The molecule has 0 aromatic carbocycles. The van der Waals surface area contributed by atoms with Crippen LogP contribution >= 0.6 is 0 Å². The molecule has 0 radical (unpaired) electrons. The Labute approximate surface area is 70.0 Å². The summed E-state index contributed by atoms with van der Waals surface area (Å²) in [5, 5.41) is 0. The second-order valence-electron chi connectivity index (χ2n) is 3.30. The zero-order valence-corrected chi connectivity index (χ0v) is 7.64. The van der Waals surface area contributed by atoms with Crippen LogP contribution in [0.3, 0.4) is 0 Å². The molecule has 11 heavy (non-hydrogen) atoms. The van der Waals surface area contributed by atoms with E-state index in [9.17, 15) is 0 Å². The number of rotatable bonds is 2. The molecule has 1 aliphatic carbocycles. The molecule has 1 saturated carbocycles. The highest BCUT2D eigenvalue weighted by Crippen LogP contribution is 2.31. The second-order valence-corrected chi connectivity index (χ2v) is 3.30. The molecule has 1 rings (SSSR count). The van der Waals surface area contributed by atoms with E-state index in [4.69, 9.17) is 0 Å². The molecule has 0 amide bonds. The summed E-state index contributed by atoms with van der Waals surface area (Å²) in [6.45, 7) is 4.33. The van der Waals surface area contributed by atoms with Crippen molar-refractivity contribution < 1.29 is 0 Å². The van der Waals surface area contributed by atoms with Gasteiger partial charge in [-0.15, -0.1) is 0 Å². The van der Waals surface area contributed by atoms with Crippen molar-refractivity contribution in [3.8, 4) is 0 Å². The van der Waals surface area contributed by atoms with Gasteiger partial charge in [0.1, 0.15) is 0 Å². The lowest BCUT2D eigenvalue weighted by Crippen LogP contribution is -1.84. The molecule has 0 aromatic heterocycles. The first-order chi connectivity index (χ1) is 5.36. The van der Waals surface area contributed by atoms with Gasteiger partial charge in [0, 0.05) is 0 Å². The van der Waals surface area contributed by atoms with Crippen molar-refractivity contribution in [1.29, 1.82) is 0 Å². The van der Waals surface area contributed by atoms with Gasteiger partial charge in [-0.05, 0) is 38.5 Å². The first-order valence-electron chi connectivity index (χ1n) is 4.67. The Bertz CT molecular complexity index is 163. The van der Waals surface area contributed by atoms with E-state index in [1.165, 1.54) is 25.7 Å². The average molecular weight is 150 g/mol. The van der Waals surface area contributed by atoms with E-state index in [1.54, 1.807) is 5.57 Å². The third-order valence-corrected chi connectivity index (χ3v) is 2.32. The summed E-state index contributed by atoms with van der Waals surface area (Å²) in [6, 6.07) is 0. The van der Waals surface area contributed by atoms with E-state index >= 15 is 0 Å². The fraction of sp³-hybridized carbons (Fsp3) is 0.636. The van der Waals surface area contributed by atoms with Crippen LogP contribution in [0.5, 0.6) is 0 Å². The molecular formula is C11H18. The maximum Gasteiger partial charge on any atom is -0.0193 e. The van der Waals surface area contributed by atoms with Gasteiger partial charge >= 0.3 is 0 Å². The topological polar surface area (TPSA) is 0 Å². The molecular weight excluding hydrogens is 132 g/mol. The first kappa shape index (κ1) is 8.58. The largest absolute Gasteiger partial charge is 0.0914 e. The molecule has 1 unspecified atom stereocenters. The van der Waals surface area contributed by atoms with Crippen molar-refractivity contribution >= 4 is 0 Å². The van der Waals surface area contributed by atoms with E-state index < -0.39 is 0 Å². The van der Waals surface area contributed by atoms with Gasteiger partial charge in [0.2, 0.25) is 0 Å². The number of hydrogen-bond acceptors (Lipinski definition) is 0. The Morgan fingerprint density at radius 3 is 3.00 bits per heavy atom. The highest BCUT2D eigenvalue weighted by atomic mass is 14.2. The van der Waals surface area contributed by atoms with Crippen LogP contribution in [0.15, 0.2) is 23.8 Å². The summed E-state index contributed by atoms with van der Waals surface area (Å²) in [5.74, 6) is 0.845. The molecule has 1 aliphatic rings. The standard InChI is InChI=1S/C11H18/c1-3-5-10-7-8-11(9-10)6-4-2/h3,5-6,10H,4,7-9H2,1-2H3/b5-3+,11-6-. The van der Waals surface area contributed by atoms with Crippen LogP contribution in [0.25, 0.3) is 0 Å². The van der Waals surface area contributed by atoms with Gasteiger partial charge < -0.3 is 0 Å². The lowest BCUT2D eigenvalue weighted by atomic mass is 10.1. The molecule has 1 atom stereocenters. The summed E-state index contributed by atoms with van der Waals surface area (Å²) >= 11 is 0. The molecule has 0 saturated heterocycles. The Hall–Kier alpha value is -0.520. The zero-order chi connectivity index (χ0) is 8.10. The van der Waals surface area contributed by atoms with Crippen molar-refractivity contribution in [1.82, 2.24) is 0 Å². The van der Waals surface area contributed by atoms with E-state index in [1.807, 2.05) is 0 Å². The average Bonchev–Trinajstić information content (AvgIpc) is 2.38. The molecule has 62 valence electrons. The summed E-state index contributed by atoms with van der Waals surface area (Å²) in [6.07, 6.45) is 12.1. The summed E-state index contributed by atoms with van der Waals surface area (Å²) in [7, 11) is 0. The Kier molecular flexibility index (Phi) is 3.41. The van der Waals surface area contributed by atoms with Crippen molar-refractivity contribution in [3.05, 3.63) is 23.8 Å². The smallest absolute Gasteiger partial charge is 0.0193 e. The molecule has 0 aliphatic heterocycles. The van der Waals surface area contributed by atoms with Crippen LogP contribution in [-0.4, -0.2) is 0 Å². The van der Waals surface area contributed by atoms with Gasteiger partial charge in [0.15, 0.2) is 0 Å². The van der Waals surface area contributed by atoms with E-state index in [0.29, 0.717) is 0 Å². The molecule has 0 aromatic rings. The Balaban J connectivity index is 2.40. The number of hydrogen-bond donors (Lipinski definition) is 0. The quantitative estimate of drug-likeness (QED) is 0.526. The van der Waals surface area contributed by atoms with Crippen LogP contribution in [0, 0.1) is 5.92 Å². The number of allylic oxidation sites excluding steroid dienone is 4. The minimum absolute atomic E-state index is 0.845. The van der Waals surface area contributed by atoms with Crippen LogP contribution in [-0.2, 0) is 0 Å². The Morgan fingerprint density at radius 1 is 1.55 bits per heavy atom. The minimum atomic E-state index is 0.845. The first-order valence-corrected chi connectivity index (χ1v) is 4.67. The summed E-state index contributed by atoms with van der Waals surface area (Å²) < 4.78 is 0. The molecule has 0 spiro atoms. The zero-order valence-electron chi connectivity index (χ0n) is 7.64. The van der Waals surface area contributed by atoms with Gasteiger partial charge in [-0.3, -0.25) is 0 Å². The molecule has 0 bridgehead atoms. The third kappa shape index (κ3) is 2.53. The highest BCUT2D eigenvalue weighted by Gasteiger charge is 2.15. The SMILES string of the molecule is C/C=C/C1CC/C(=C/CC)C1. The van der Waals surface area contributed by atoms with Gasteiger partial charge in [0.05, 0.1) is 0 Å². The van der Waals surface area contributed by atoms with Crippen molar-refractivity contribution in [2.45, 2.75) is 39.5 Å². The molecule has 0 N–H and O–H groups in total.